The largest absolute Gasteiger partial charge is 0.497 e. The van der Waals surface area contributed by atoms with Crippen LogP contribution in [0.15, 0.2) is 12.1 Å². The summed E-state index contributed by atoms with van der Waals surface area (Å²) in [5.74, 6) is 1.01. The second-order valence-corrected chi connectivity index (χ2v) is 4.57. The molecule has 0 saturated heterocycles. The monoisotopic (exact) mass is 237 g/mol. The molecule has 1 rings (SSSR count). The average Bonchev–Trinajstić information content (AvgIpc) is 2.25. The molecular formula is C13H19NO3. The van der Waals surface area contributed by atoms with Gasteiger partial charge in [-0.05, 0) is 32.4 Å². The molecule has 0 aliphatic carbocycles. The second-order valence-electron chi connectivity index (χ2n) is 4.57. The first kappa shape index (κ1) is 13.5. The third kappa shape index (κ3) is 2.77. The highest BCUT2D eigenvalue weighted by atomic mass is 16.5. The molecule has 1 aromatic carbocycles. The van der Waals surface area contributed by atoms with Gasteiger partial charge >= 0.3 is 0 Å². The molecule has 0 amide bonds. The number of methoxy groups -OCH3 is 2. The number of aryl methyl sites for hydroxylation is 1. The van der Waals surface area contributed by atoms with Crippen LogP contribution >= 0.6 is 0 Å². The number of benzene rings is 1. The molecule has 17 heavy (non-hydrogen) atoms. The van der Waals surface area contributed by atoms with Gasteiger partial charge in [-0.1, -0.05) is 0 Å². The molecule has 4 nitrogen and oxygen atoms in total. The number of ketones is 1. The number of Topliss-reactive ketones (excluding diaryl/α,β-unsaturated/α-hetero) is 1. The van der Waals surface area contributed by atoms with E-state index in [2.05, 4.69) is 0 Å². The topological polar surface area (TPSA) is 61.5 Å². The number of carbonyl (C=O) groups excluding carboxylic acids is 1. The zero-order valence-corrected chi connectivity index (χ0v) is 11.0. The Hall–Kier alpha value is -1.55. The summed E-state index contributed by atoms with van der Waals surface area (Å²) in [5, 5.41) is 0. The van der Waals surface area contributed by atoms with Crippen molar-refractivity contribution >= 4 is 5.78 Å². The first-order valence-electron chi connectivity index (χ1n) is 5.37. The minimum Gasteiger partial charge on any atom is -0.497 e. The average molecular weight is 237 g/mol. The van der Waals surface area contributed by atoms with E-state index in [-0.39, 0.29) is 5.78 Å². The molecule has 0 spiro atoms. The summed E-state index contributed by atoms with van der Waals surface area (Å²) >= 11 is 0. The maximum atomic E-state index is 12.2. The standard InChI is InChI=1S/C13H19NO3/c1-8-6-9(16-4)7-10(17-5)11(8)12(15)13(2,3)14/h6-7H,14H2,1-5H3. The van der Waals surface area contributed by atoms with Gasteiger partial charge < -0.3 is 15.2 Å². The van der Waals surface area contributed by atoms with Crippen LogP contribution in [0.1, 0.15) is 29.8 Å². The Morgan fingerprint density at radius 2 is 1.82 bits per heavy atom. The van der Waals surface area contributed by atoms with Crippen LogP contribution < -0.4 is 15.2 Å². The van der Waals surface area contributed by atoms with Gasteiger partial charge in [-0.3, -0.25) is 4.79 Å². The fourth-order valence-corrected chi connectivity index (χ4v) is 1.61. The highest BCUT2D eigenvalue weighted by Gasteiger charge is 2.28. The molecule has 4 heteroatoms. The lowest BCUT2D eigenvalue weighted by molar-refractivity contribution is 0.0909. The molecular weight excluding hydrogens is 218 g/mol. The fourth-order valence-electron chi connectivity index (χ4n) is 1.61. The predicted molar refractivity (Wildman–Crippen MR) is 66.9 cm³/mol. The summed E-state index contributed by atoms with van der Waals surface area (Å²) in [7, 11) is 3.09. The summed E-state index contributed by atoms with van der Waals surface area (Å²) in [6.45, 7) is 5.20. The summed E-state index contributed by atoms with van der Waals surface area (Å²) in [6.07, 6.45) is 0. The number of carbonyl (C=O) groups is 1. The maximum absolute atomic E-state index is 12.2. The van der Waals surface area contributed by atoms with Gasteiger partial charge in [0, 0.05) is 6.07 Å². The van der Waals surface area contributed by atoms with Crippen LogP contribution in [0.4, 0.5) is 0 Å². The quantitative estimate of drug-likeness (QED) is 0.813. The van der Waals surface area contributed by atoms with Crippen molar-refractivity contribution in [1.82, 2.24) is 0 Å². The molecule has 0 aliphatic rings. The predicted octanol–water partition coefficient (Wildman–Crippen LogP) is 1.93. The van der Waals surface area contributed by atoms with Gasteiger partial charge in [-0.25, -0.2) is 0 Å². The van der Waals surface area contributed by atoms with Crippen LogP contribution in [0, 0.1) is 6.92 Å². The summed E-state index contributed by atoms with van der Waals surface area (Å²) in [6, 6.07) is 3.48. The second kappa shape index (κ2) is 4.75. The molecule has 0 unspecified atom stereocenters. The number of ether oxygens (including phenoxy) is 2. The molecule has 94 valence electrons. The van der Waals surface area contributed by atoms with Gasteiger partial charge in [0.1, 0.15) is 11.5 Å². The van der Waals surface area contributed by atoms with E-state index in [9.17, 15) is 4.79 Å². The van der Waals surface area contributed by atoms with E-state index in [1.807, 2.05) is 6.92 Å². The lowest BCUT2D eigenvalue weighted by Crippen LogP contribution is -2.41. The number of hydrogen-bond donors (Lipinski definition) is 1. The maximum Gasteiger partial charge on any atom is 0.186 e. The molecule has 0 saturated carbocycles. The zero-order valence-electron chi connectivity index (χ0n) is 11.0. The van der Waals surface area contributed by atoms with E-state index < -0.39 is 5.54 Å². The molecule has 2 N–H and O–H groups in total. The molecule has 0 fully saturated rings. The highest BCUT2D eigenvalue weighted by Crippen LogP contribution is 2.30. The van der Waals surface area contributed by atoms with Crippen LogP contribution in [0.3, 0.4) is 0 Å². The van der Waals surface area contributed by atoms with E-state index in [1.54, 1.807) is 33.1 Å². The summed E-state index contributed by atoms with van der Waals surface area (Å²) in [4.78, 5) is 12.2. The van der Waals surface area contributed by atoms with E-state index in [0.29, 0.717) is 17.1 Å². The minimum absolute atomic E-state index is 0.144. The Kier molecular flexibility index (Phi) is 3.78. The van der Waals surface area contributed by atoms with Crippen molar-refractivity contribution in [3.05, 3.63) is 23.3 Å². The minimum atomic E-state index is -0.924. The van der Waals surface area contributed by atoms with Crippen molar-refractivity contribution in [3.63, 3.8) is 0 Å². The Bertz CT molecular complexity index is 433. The molecule has 0 aromatic heterocycles. The molecule has 0 atom stereocenters. The third-order valence-corrected chi connectivity index (χ3v) is 2.54. The van der Waals surface area contributed by atoms with E-state index >= 15 is 0 Å². The molecule has 0 heterocycles. The van der Waals surface area contributed by atoms with Crippen LogP contribution in [-0.2, 0) is 0 Å². The van der Waals surface area contributed by atoms with Gasteiger partial charge in [0.2, 0.25) is 0 Å². The van der Waals surface area contributed by atoms with Crippen molar-refractivity contribution in [3.8, 4) is 11.5 Å². The van der Waals surface area contributed by atoms with Crippen molar-refractivity contribution in [2.45, 2.75) is 26.3 Å². The van der Waals surface area contributed by atoms with E-state index in [4.69, 9.17) is 15.2 Å². The van der Waals surface area contributed by atoms with Crippen LogP contribution in [0.2, 0.25) is 0 Å². The van der Waals surface area contributed by atoms with E-state index in [1.165, 1.54) is 7.11 Å². The van der Waals surface area contributed by atoms with Crippen LogP contribution in [0.5, 0.6) is 11.5 Å². The van der Waals surface area contributed by atoms with Crippen LogP contribution in [0.25, 0.3) is 0 Å². The lowest BCUT2D eigenvalue weighted by atomic mass is 9.91. The molecule has 0 aliphatic heterocycles. The Morgan fingerprint density at radius 1 is 1.24 bits per heavy atom. The first-order chi connectivity index (χ1) is 7.81. The van der Waals surface area contributed by atoms with Crippen LogP contribution in [-0.4, -0.2) is 25.5 Å². The van der Waals surface area contributed by atoms with Gasteiger partial charge in [-0.15, -0.1) is 0 Å². The SMILES string of the molecule is COc1cc(C)c(C(=O)C(C)(C)N)c(OC)c1. The Balaban J connectivity index is 3.38. The van der Waals surface area contributed by atoms with Crippen molar-refractivity contribution in [2.24, 2.45) is 5.73 Å². The van der Waals surface area contributed by atoms with Gasteiger partial charge in [-0.2, -0.15) is 0 Å². The zero-order chi connectivity index (χ0) is 13.2. The fraction of sp³-hybridized carbons (Fsp3) is 0.462. The van der Waals surface area contributed by atoms with Crippen molar-refractivity contribution in [2.75, 3.05) is 14.2 Å². The third-order valence-electron chi connectivity index (χ3n) is 2.54. The molecule has 0 bridgehead atoms. The highest BCUT2D eigenvalue weighted by molar-refractivity contribution is 6.06. The Labute approximate surface area is 102 Å². The van der Waals surface area contributed by atoms with Crippen molar-refractivity contribution in [1.29, 1.82) is 0 Å². The molecule has 1 aromatic rings. The normalized spacial score (nSPS) is 11.2. The smallest absolute Gasteiger partial charge is 0.186 e. The van der Waals surface area contributed by atoms with Gasteiger partial charge in [0.05, 0.1) is 25.3 Å². The summed E-state index contributed by atoms with van der Waals surface area (Å²) < 4.78 is 10.4. The number of rotatable bonds is 4. The lowest BCUT2D eigenvalue weighted by Gasteiger charge is -2.20. The van der Waals surface area contributed by atoms with Gasteiger partial charge in [0.15, 0.2) is 5.78 Å². The van der Waals surface area contributed by atoms with Crippen molar-refractivity contribution < 1.29 is 14.3 Å². The number of nitrogens with two attached hydrogens (primary N) is 1. The van der Waals surface area contributed by atoms with Gasteiger partial charge in [0.25, 0.3) is 0 Å². The summed E-state index contributed by atoms with van der Waals surface area (Å²) in [5.41, 5.74) is 6.22. The molecule has 0 radical (unpaired) electrons. The Morgan fingerprint density at radius 3 is 2.24 bits per heavy atom. The first-order valence-corrected chi connectivity index (χ1v) is 5.37. The van der Waals surface area contributed by atoms with E-state index in [0.717, 1.165) is 5.56 Å². The number of hydrogen-bond acceptors (Lipinski definition) is 4.